The molecule has 0 aliphatic heterocycles. The minimum Gasteiger partial charge on any atom is -0.328 e. The molecule has 1 aromatic carbocycles. The van der Waals surface area contributed by atoms with Crippen LogP contribution in [0.3, 0.4) is 0 Å². The van der Waals surface area contributed by atoms with E-state index in [4.69, 9.17) is 38.5 Å². The Morgan fingerprint density at radius 1 is 1.55 bits per heavy atom. The molecule has 0 aliphatic rings. The van der Waals surface area contributed by atoms with E-state index in [-0.39, 0.29) is 0 Å². The van der Waals surface area contributed by atoms with Crippen molar-refractivity contribution in [3.05, 3.63) is 63.2 Å². The lowest BCUT2D eigenvalue weighted by molar-refractivity contribution is -0.742. The fourth-order valence-corrected chi connectivity index (χ4v) is 2.02. The largest absolute Gasteiger partial charge is 0.328 e. The standard InChI is InChI=1S/C12H10Cl2N2.HNO3/c1-9-2-3-10(11(13)6-9)12(14)7-16-5-4-15-8-16;2-1(3)4/h2-8H,1H3;(H,2,3,4)/b12-7+;. The average molecular weight is 316 g/mol. The summed E-state index contributed by atoms with van der Waals surface area (Å²) in [6, 6.07) is 5.78. The van der Waals surface area contributed by atoms with Gasteiger partial charge < -0.3 is 9.77 Å². The predicted octanol–water partition coefficient (Wildman–Crippen LogP) is 3.69. The molecule has 20 heavy (non-hydrogen) atoms. The first-order valence-electron chi connectivity index (χ1n) is 5.34. The molecule has 8 heteroatoms. The van der Waals surface area contributed by atoms with E-state index < -0.39 is 5.09 Å². The second-order valence-electron chi connectivity index (χ2n) is 3.71. The fraction of sp³-hybridized carbons (Fsp3) is 0.0833. The first kappa shape index (κ1) is 16.0. The number of rotatable bonds is 2. The lowest BCUT2D eigenvalue weighted by Gasteiger charge is -2.04. The van der Waals surface area contributed by atoms with Gasteiger partial charge in [-0.2, -0.15) is 0 Å². The van der Waals surface area contributed by atoms with Crippen molar-refractivity contribution in [2.24, 2.45) is 0 Å². The number of hydrogen-bond acceptors (Lipinski definition) is 3. The van der Waals surface area contributed by atoms with Crippen LogP contribution >= 0.6 is 23.2 Å². The van der Waals surface area contributed by atoms with Gasteiger partial charge in [-0.1, -0.05) is 35.3 Å². The molecular weight excluding hydrogens is 305 g/mol. The second-order valence-corrected chi connectivity index (χ2v) is 4.52. The number of halogens is 2. The Labute approximate surface area is 125 Å². The molecule has 0 bridgehead atoms. The SMILES string of the molecule is Cc1ccc(/C(Cl)=C\n2ccnc2)c(Cl)c1.O=[N+]([O-])O. The molecule has 0 unspecified atom stereocenters. The Kier molecular flexibility index (Phi) is 6.02. The fourth-order valence-electron chi connectivity index (χ4n) is 1.36. The van der Waals surface area contributed by atoms with Crippen molar-refractivity contribution < 1.29 is 10.3 Å². The van der Waals surface area contributed by atoms with Crippen molar-refractivity contribution >= 4 is 34.4 Å². The molecule has 0 saturated carbocycles. The molecule has 1 aromatic heterocycles. The number of benzene rings is 1. The predicted molar refractivity (Wildman–Crippen MR) is 77.2 cm³/mol. The summed E-state index contributed by atoms with van der Waals surface area (Å²) in [5, 5.41) is 14.9. The highest BCUT2D eigenvalue weighted by Gasteiger charge is 2.04. The van der Waals surface area contributed by atoms with Gasteiger partial charge in [0.15, 0.2) is 0 Å². The van der Waals surface area contributed by atoms with Gasteiger partial charge in [-0.3, -0.25) is 0 Å². The maximum atomic E-state index is 8.36. The van der Waals surface area contributed by atoms with Gasteiger partial charge >= 0.3 is 0 Å². The summed E-state index contributed by atoms with van der Waals surface area (Å²) in [6.07, 6.45) is 6.94. The molecule has 0 amide bonds. The molecule has 2 rings (SSSR count). The molecule has 0 saturated heterocycles. The van der Waals surface area contributed by atoms with Crippen molar-refractivity contribution in [1.82, 2.24) is 9.55 Å². The van der Waals surface area contributed by atoms with Crippen molar-refractivity contribution in [3.8, 4) is 0 Å². The van der Waals surface area contributed by atoms with Crippen LogP contribution in [0, 0.1) is 17.0 Å². The summed E-state index contributed by atoms with van der Waals surface area (Å²) in [6.45, 7) is 1.99. The lowest BCUT2D eigenvalue weighted by atomic mass is 10.1. The van der Waals surface area contributed by atoms with Gasteiger partial charge in [-0.05, 0) is 18.6 Å². The van der Waals surface area contributed by atoms with Crippen LogP contribution in [0.1, 0.15) is 11.1 Å². The summed E-state index contributed by atoms with van der Waals surface area (Å²) in [5.41, 5.74) is 1.93. The van der Waals surface area contributed by atoms with E-state index in [9.17, 15) is 0 Å². The highest BCUT2D eigenvalue weighted by Crippen LogP contribution is 2.28. The third-order valence-corrected chi connectivity index (χ3v) is 2.78. The van der Waals surface area contributed by atoms with Crippen molar-refractivity contribution in [2.75, 3.05) is 0 Å². The monoisotopic (exact) mass is 315 g/mol. The summed E-state index contributed by atoms with van der Waals surface area (Å²) >= 11 is 12.3. The third-order valence-electron chi connectivity index (χ3n) is 2.17. The van der Waals surface area contributed by atoms with Crippen LogP contribution in [0.2, 0.25) is 5.02 Å². The number of hydrogen-bond donors (Lipinski definition) is 1. The van der Waals surface area contributed by atoms with E-state index in [1.54, 1.807) is 23.3 Å². The average Bonchev–Trinajstić information content (AvgIpc) is 2.80. The van der Waals surface area contributed by atoms with E-state index in [2.05, 4.69) is 4.98 Å². The molecule has 0 radical (unpaired) electrons. The van der Waals surface area contributed by atoms with Crippen LogP contribution in [0.25, 0.3) is 11.2 Å². The quantitative estimate of drug-likeness (QED) is 0.676. The summed E-state index contributed by atoms with van der Waals surface area (Å²) in [4.78, 5) is 12.3. The van der Waals surface area contributed by atoms with Crippen LogP contribution in [-0.4, -0.2) is 19.8 Å². The third kappa shape index (κ3) is 5.29. The zero-order valence-corrected chi connectivity index (χ0v) is 11.9. The van der Waals surface area contributed by atoms with Crippen molar-refractivity contribution in [1.29, 1.82) is 0 Å². The first-order valence-corrected chi connectivity index (χ1v) is 6.10. The summed E-state index contributed by atoms with van der Waals surface area (Å²) in [7, 11) is 0. The van der Waals surface area contributed by atoms with Gasteiger partial charge in [-0.15, -0.1) is 10.1 Å². The zero-order valence-electron chi connectivity index (χ0n) is 10.4. The molecule has 6 nitrogen and oxygen atoms in total. The smallest absolute Gasteiger partial charge is 0.291 e. The number of aromatic nitrogens is 2. The van der Waals surface area contributed by atoms with E-state index in [1.807, 2.05) is 31.3 Å². The van der Waals surface area contributed by atoms with Crippen LogP contribution < -0.4 is 0 Å². The summed E-state index contributed by atoms with van der Waals surface area (Å²) in [5.74, 6) is 0. The number of imidazole rings is 1. The van der Waals surface area contributed by atoms with Gasteiger partial charge in [0.1, 0.15) is 0 Å². The second kappa shape index (κ2) is 7.52. The Morgan fingerprint density at radius 3 is 2.70 bits per heavy atom. The topological polar surface area (TPSA) is 81.2 Å². The van der Waals surface area contributed by atoms with Gasteiger partial charge in [0, 0.05) is 29.2 Å². The number of nitrogens with zero attached hydrogens (tertiary/aromatic N) is 3. The lowest BCUT2D eigenvalue weighted by Crippen LogP contribution is -1.85. The normalized spacial score (nSPS) is 10.7. The molecular formula is C12H11Cl2N3O3. The van der Waals surface area contributed by atoms with E-state index in [0.29, 0.717) is 10.1 Å². The van der Waals surface area contributed by atoms with Crippen LogP contribution in [0.15, 0.2) is 36.9 Å². The van der Waals surface area contributed by atoms with Gasteiger partial charge in [0.2, 0.25) is 0 Å². The molecule has 0 spiro atoms. The Balaban J connectivity index is 0.000000444. The van der Waals surface area contributed by atoms with Gasteiger partial charge in [0.05, 0.1) is 11.4 Å². The van der Waals surface area contributed by atoms with Crippen LogP contribution in [-0.2, 0) is 0 Å². The Bertz CT molecular complexity index is 608. The van der Waals surface area contributed by atoms with E-state index >= 15 is 0 Å². The molecule has 1 N–H and O–H groups in total. The Morgan fingerprint density at radius 2 is 2.20 bits per heavy atom. The number of aryl methyl sites for hydroxylation is 1. The highest BCUT2D eigenvalue weighted by atomic mass is 35.5. The molecule has 1 heterocycles. The molecule has 2 aromatic rings. The summed E-state index contributed by atoms with van der Waals surface area (Å²) < 4.78 is 1.78. The zero-order chi connectivity index (χ0) is 15.1. The molecule has 0 aliphatic carbocycles. The maximum Gasteiger partial charge on any atom is 0.291 e. The van der Waals surface area contributed by atoms with Gasteiger partial charge in [-0.25, -0.2) is 4.98 Å². The van der Waals surface area contributed by atoms with Crippen molar-refractivity contribution in [3.63, 3.8) is 0 Å². The van der Waals surface area contributed by atoms with Gasteiger partial charge in [0.25, 0.3) is 5.09 Å². The highest BCUT2D eigenvalue weighted by molar-refractivity contribution is 6.52. The molecule has 106 valence electrons. The van der Waals surface area contributed by atoms with E-state index in [0.717, 1.165) is 11.1 Å². The molecule has 0 atom stereocenters. The van der Waals surface area contributed by atoms with E-state index in [1.165, 1.54) is 0 Å². The van der Waals surface area contributed by atoms with Crippen LogP contribution in [0.5, 0.6) is 0 Å². The molecule has 0 fully saturated rings. The minimum atomic E-state index is -1.50. The van der Waals surface area contributed by atoms with Crippen molar-refractivity contribution in [2.45, 2.75) is 6.92 Å². The Hall–Kier alpha value is -2.05. The first-order chi connectivity index (χ1) is 9.40. The maximum absolute atomic E-state index is 8.36. The van der Waals surface area contributed by atoms with Crippen LogP contribution in [0.4, 0.5) is 0 Å². The minimum absolute atomic E-state index is 0.586.